The van der Waals surface area contributed by atoms with E-state index in [1.165, 1.54) is 0 Å². The minimum absolute atomic E-state index is 0.244. The summed E-state index contributed by atoms with van der Waals surface area (Å²) in [5.41, 5.74) is 0.671. The Labute approximate surface area is 121 Å². The second kappa shape index (κ2) is 6.33. The lowest BCUT2D eigenvalue weighted by molar-refractivity contribution is -0.141. The van der Waals surface area contributed by atoms with E-state index in [1.54, 1.807) is 17.9 Å². The summed E-state index contributed by atoms with van der Waals surface area (Å²) in [4.78, 5) is 11.8. The largest absolute Gasteiger partial charge is 0.463 e. The quantitative estimate of drug-likeness (QED) is 0.510. The molecule has 0 aromatic heterocycles. The molecule has 4 heteroatoms. The standard InChI is InChI=1S/C14H17IO3/c1-4-18-13(16)12(9-15)14(3,17)11-7-5-10(2)6-8-11/h5-9,17H,4H2,1-3H3/b12-9+. The Bertz CT molecular complexity index is 447. The normalized spacial score (nSPS) is 15.1. The van der Waals surface area contributed by atoms with Crippen LogP contribution in [0, 0.1) is 6.92 Å². The molecule has 1 N–H and O–H groups in total. The molecule has 1 unspecified atom stereocenters. The maximum atomic E-state index is 11.8. The topological polar surface area (TPSA) is 46.5 Å². The van der Waals surface area contributed by atoms with Gasteiger partial charge in [0.25, 0.3) is 0 Å². The Balaban J connectivity index is 3.10. The number of ether oxygens (including phenoxy) is 1. The highest BCUT2D eigenvalue weighted by atomic mass is 127. The van der Waals surface area contributed by atoms with Gasteiger partial charge in [-0.3, -0.25) is 0 Å². The number of benzene rings is 1. The number of esters is 1. The second-order valence-electron chi connectivity index (χ2n) is 4.18. The smallest absolute Gasteiger partial charge is 0.337 e. The molecule has 1 aromatic rings. The molecule has 1 aromatic carbocycles. The second-order valence-corrected chi connectivity index (χ2v) is 4.80. The van der Waals surface area contributed by atoms with Gasteiger partial charge in [-0.05, 0) is 30.4 Å². The molecular formula is C14H17IO3. The zero-order chi connectivity index (χ0) is 13.8. The maximum Gasteiger partial charge on any atom is 0.337 e. The fourth-order valence-electron chi connectivity index (χ4n) is 1.59. The van der Waals surface area contributed by atoms with Crippen molar-refractivity contribution in [2.24, 2.45) is 0 Å². The number of hydrogen-bond acceptors (Lipinski definition) is 3. The van der Waals surface area contributed by atoms with E-state index in [9.17, 15) is 9.90 Å². The molecule has 18 heavy (non-hydrogen) atoms. The van der Waals surface area contributed by atoms with E-state index in [2.05, 4.69) is 0 Å². The molecule has 0 aliphatic heterocycles. The van der Waals surface area contributed by atoms with Crippen LogP contribution >= 0.6 is 22.6 Å². The first-order valence-electron chi connectivity index (χ1n) is 5.71. The third-order valence-corrected chi connectivity index (χ3v) is 3.37. The monoisotopic (exact) mass is 360 g/mol. The first kappa shape index (κ1) is 15.2. The molecule has 1 atom stereocenters. The molecule has 0 spiro atoms. The molecule has 0 heterocycles. The average molecular weight is 360 g/mol. The summed E-state index contributed by atoms with van der Waals surface area (Å²) in [5.74, 6) is -0.488. The molecule has 0 aliphatic carbocycles. The van der Waals surface area contributed by atoms with Gasteiger partial charge in [0.05, 0.1) is 12.2 Å². The molecular weight excluding hydrogens is 343 g/mol. The summed E-state index contributed by atoms with van der Waals surface area (Å²) in [6, 6.07) is 7.43. The van der Waals surface area contributed by atoms with Crippen molar-refractivity contribution in [3.05, 3.63) is 45.0 Å². The summed E-state index contributed by atoms with van der Waals surface area (Å²) < 4.78 is 6.52. The van der Waals surface area contributed by atoms with E-state index in [4.69, 9.17) is 4.74 Å². The van der Waals surface area contributed by atoms with E-state index in [0.29, 0.717) is 5.56 Å². The Morgan fingerprint density at radius 3 is 2.44 bits per heavy atom. The van der Waals surface area contributed by atoms with Gasteiger partial charge in [-0.2, -0.15) is 0 Å². The lowest BCUT2D eigenvalue weighted by atomic mass is 9.88. The Morgan fingerprint density at radius 2 is 2.00 bits per heavy atom. The maximum absolute atomic E-state index is 11.8. The van der Waals surface area contributed by atoms with Crippen molar-refractivity contribution in [3.8, 4) is 0 Å². The van der Waals surface area contributed by atoms with Crippen molar-refractivity contribution in [1.29, 1.82) is 0 Å². The van der Waals surface area contributed by atoms with Crippen LogP contribution in [-0.2, 0) is 15.1 Å². The van der Waals surface area contributed by atoms with Crippen molar-refractivity contribution >= 4 is 28.6 Å². The minimum Gasteiger partial charge on any atom is -0.463 e. The summed E-state index contributed by atoms with van der Waals surface area (Å²) in [7, 11) is 0. The van der Waals surface area contributed by atoms with E-state index < -0.39 is 11.6 Å². The summed E-state index contributed by atoms with van der Waals surface area (Å²) in [5, 5.41) is 10.6. The van der Waals surface area contributed by atoms with Gasteiger partial charge in [-0.25, -0.2) is 4.79 Å². The Morgan fingerprint density at radius 1 is 1.44 bits per heavy atom. The third kappa shape index (κ3) is 3.32. The third-order valence-electron chi connectivity index (χ3n) is 2.74. The fourth-order valence-corrected chi connectivity index (χ4v) is 2.45. The molecule has 98 valence electrons. The summed E-state index contributed by atoms with van der Waals surface area (Å²) in [6.45, 7) is 5.60. The van der Waals surface area contributed by atoms with E-state index in [1.807, 2.05) is 53.8 Å². The molecule has 1 rings (SSSR count). The Kier molecular flexibility index (Phi) is 5.34. The molecule has 3 nitrogen and oxygen atoms in total. The van der Waals surface area contributed by atoms with Crippen LogP contribution in [0.3, 0.4) is 0 Å². The summed E-state index contributed by atoms with van der Waals surface area (Å²) in [6.07, 6.45) is 0. The average Bonchev–Trinajstić information content (AvgIpc) is 2.30. The van der Waals surface area contributed by atoms with Crippen molar-refractivity contribution in [1.82, 2.24) is 0 Å². The summed E-state index contributed by atoms with van der Waals surface area (Å²) >= 11 is 1.94. The molecule has 0 amide bonds. The van der Waals surface area contributed by atoms with Crippen LogP contribution in [0.5, 0.6) is 0 Å². The SMILES string of the molecule is CCOC(=O)/C(=C\I)C(C)(O)c1ccc(C)cc1. The highest BCUT2D eigenvalue weighted by molar-refractivity contribution is 14.1. The number of carbonyl (C=O) groups is 1. The lowest BCUT2D eigenvalue weighted by Crippen LogP contribution is -2.29. The van der Waals surface area contributed by atoms with E-state index in [-0.39, 0.29) is 12.2 Å². The van der Waals surface area contributed by atoms with Gasteiger partial charge >= 0.3 is 5.97 Å². The van der Waals surface area contributed by atoms with Gasteiger partial charge in [-0.1, -0.05) is 52.4 Å². The van der Waals surface area contributed by atoms with Crippen LogP contribution < -0.4 is 0 Å². The zero-order valence-electron chi connectivity index (χ0n) is 10.7. The highest BCUT2D eigenvalue weighted by Gasteiger charge is 2.33. The number of rotatable bonds is 4. The van der Waals surface area contributed by atoms with Gasteiger partial charge in [-0.15, -0.1) is 0 Å². The molecule has 0 bridgehead atoms. The van der Waals surface area contributed by atoms with Crippen molar-refractivity contribution in [2.45, 2.75) is 26.4 Å². The highest BCUT2D eigenvalue weighted by Crippen LogP contribution is 2.31. The predicted octanol–water partition coefficient (Wildman–Crippen LogP) is 3.08. The zero-order valence-corrected chi connectivity index (χ0v) is 12.9. The number of hydrogen-bond donors (Lipinski definition) is 1. The van der Waals surface area contributed by atoms with Crippen molar-refractivity contribution < 1.29 is 14.6 Å². The van der Waals surface area contributed by atoms with Crippen LogP contribution in [0.2, 0.25) is 0 Å². The lowest BCUT2D eigenvalue weighted by Gasteiger charge is -2.25. The first-order valence-corrected chi connectivity index (χ1v) is 6.95. The molecule has 0 radical (unpaired) electrons. The van der Waals surface area contributed by atoms with Gasteiger partial charge in [0.1, 0.15) is 5.60 Å². The molecule has 0 saturated carbocycles. The van der Waals surface area contributed by atoms with Crippen molar-refractivity contribution in [3.63, 3.8) is 0 Å². The number of halogens is 1. The number of aryl methyl sites for hydroxylation is 1. The van der Waals surface area contributed by atoms with Gasteiger partial charge in [0, 0.05) is 0 Å². The van der Waals surface area contributed by atoms with E-state index in [0.717, 1.165) is 5.56 Å². The van der Waals surface area contributed by atoms with Gasteiger partial charge in [0.15, 0.2) is 0 Å². The minimum atomic E-state index is -1.35. The van der Waals surface area contributed by atoms with Crippen LogP contribution in [0.25, 0.3) is 0 Å². The molecule has 0 aliphatic rings. The predicted molar refractivity (Wildman–Crippen MR) is 79.5 cm³/mol. The van der Waals surface area contributed by atoms with Gasteiger partial charge < -0.3 is 9.84 Å². The first-order chi connectivity index (χ1) is 8.43. The number of carbonyl (C=O) groups excluding carboxylic acids is 1. The van der Waals surface area contributed by atoms with E-state index >= 15 is 0 Å². The van der Waals surface area contributed by atoms with Crippen LogP contribution in [0.1, 0.15) is 25.0 Å². The van der Waals surface area contributed by atoms with Crippen molar-refractivity contribution in [2.75, 3.05) is 6.61 Å². The fraction of sp³-hybridized carbons (Fsp3) is 0.357. The van der Waals surface area contributed by atoms with Crippen LogP contribution in [0.15, 0.2) is 33.9 Å². The molecule has 0 fully saturated rings. The Hall–Kier alpha value is -0.880. The van der Waals surface area contributed by atoms with Gasteiger partial charge in [0.2, 0.25) is 0 Å². The number of aliphatic hydroxyl groups is 1. The molecule has 0 saturated heterocycles. The van der Waals surface area contributed by atoms with Crippen LogP contribution in [-0.4, -0.2) is 17.7 Å². The van der Waals surface area contributed by atoms with Crippen LogP contribution in [0.4, 0.5) is 0 Å².